The molecule has 1 saturated heterocycles. The van der Waals surface area contributed by atoms with E-state index in [1.54, 1.807) is 12.4 Å². The van der Waals surface area contributed by atoms with Gasteiger partial charge in [0.15, 0.2) is 5.75 Å². The van der Waals surface area contributed by atoms with Crippen molar-refractivity contribution in [3.05, 3.63) is 35.9 Å². The van der Waals surface area contributed by atoms with E-state index >= 15 is 0 Å². The maximum atomic E-state index is 12.5. The van der Waals surface area contributed by atoms with Crippen LogP contribution >= 0.6 is 0 Å². The van der Waals surface area contributed by atoms with Crippen LogP contribution in [0.4, 0.5) is 0 Å². The van der Waals surface area contributed by atoms with Crippen LogP contribution in [0.25, 0.3) is 0 Å². The molecule has 2 atom stereocenters. The van der Waals surface area contributed by atoms with E-state index in [1.807, 2.05) is 12.3 Å². The SMILES string of the molecule is O=C(N[C@H]1COC[C@H]1Oc1cn[nH]c1)c1cc[nH]c1C1CC1. The maximum Gasteiger partial charge on any atom is 0.253 e. The van der Waals surface area contributed by atoms with Gasteiger partial charge >= 0.3 is 0 Å². The van der Waals surface area contributed by atoms with Gasteiger partial charge in [-0.3, -0.25) is 9.89 Å². The first-order valence-corrected chi connectivity index (χ1v) is 7.52. The molecule has 2 aromatic heterocycles. The lowest BCUT2D eigenvalue weighted by Gasteiger charge is -2.19. The highest BCUT2D eigenvalue weighted by Gasteiger charge is 2.34. The van der Waals surface area contributed by atoms with Crippen molar-refractivity contribution in [1.82, 2.24) is 20.5 Å². The summed E-state index contributed by atoms with van der Waals surface area (Å²) in [4.78, 5) is 15.7. The molecule has 1 aliphatic carbocycles. The van der Waals surface area contributed by atoms with Crippen molar-refractivity contribution in [1.29, 1.82) is 0 Å². The third-order valence-corrected chi connectivity index (χ3v) is 4.11. The second-order valence-electron chi connectivity index (χ2n) is 5.79. The fourth-order valence-electron chi connectivity index (χ4n) is 2.80. The molecule has 1 saturated carbocycles. The Balaban J connectivity index is 1.43. The standard InChI is InChI=1S/C15H18N4O3/c20-15(11-3-4-16-14(11)9-1-2-9)19-12-7-21-8-13(12)22-10-5-17-18-6-10/h3-6,9,12-13,16H,1-2,7-8H2,(H,17,18)(H,19,20)/t12-,13+/m0/s1. The Labute approximate surface area is 127 Å². The van der Waals surface area contributed by atoms with Crippen molar-refractivity contribution in [3.63, 3.8) is 0 Å². The number of H-pyrrole nitrogens is 2. The van der Waals surface area contributed by atoms with E-state index in [4.69, 9.17) is 9.47 Å². The van der Waals surface area contributed by atoms with Crippen molar-refractivity contribution in [2.45, 2.75) is 30.9 Å². The van der Waals surface area contributed by atoms with Crippen LogP contribution in [0.5, 0.6) is 5.75 Å². The van der Waals surface area contributed by atoms with Gasteiger partial charge < -0.3 is 19.8 Å². The summed E-state index contributed by atoms with van der Waals surface area (Å²) in [6.45, 7) is 0.913. The van der Waals surface area contributed by atoms with Crippen molar-refractivity contribution in [3.8, 4) is 5.75 Å². The summed E-state index contributed by atoms with van der Waals surface area (Å²) in [6, 6.07) is 1.68. The van der Waals surface area contributed by atoms with Crippen molar-refractivity contribution < 1.29 is 14.3 Å². The van der Waals surface area contributed by atoms with E-state index in [1.165, 1.54) is 0 Å². The van der Waals surface area contributed by atoms with Crippen molar-refractivity contribution >= 4 is 5.91 Å². The molecule has 0 unspecified atom stereocenters. The van der Waals surface area contributed by atoms with E-state index in [-0.39, 0.29) is 18.1 Å². The molecule has 0 radical (unpaired) electrons. The minimum Gasteiger partial charge on any atom is -0.482 e. The van der Waals surface area contributed by atoms with Crippen LogP contribution in [-0.2, 0) is 4.74 Å². The van der Waals surface area contributed by atoms with E-state index in [9.17, 15) is 4.79 Å². The minimum absolute atomic E-state index is 0.0700. The van der Waals surface area contributed by atoms with Crippen LogP contribution in [0.1, 0.15) is 34.8 Å². The van der Waals surface area contributed by atoms with Gasteiger partial charge in [0.2, 0.25) is 0 Å². The molecule has 0 bridgehead atoms. The fourth-order valence-corrected chi connectivity index (χ4v) is 2.80. The highest BCUT2D eigenvalue weighted by Crippen LogP contribution is 2.40. The number of aromatic nitrogens is 3. The first kappa shape index (κ1) is 13.4. The van der Waals surface area contributed by atoms with Gasteiger partial charge in [0, 0.05) is 11.9 Å². The van der Waals surface area contributed by atoms with Gasteiger partial charge in [-0.2, -0.15) is 5.10 Å². The monoisotopic (exact) mass is 302 g/mol. The highest BCUT2D eigenvalue weighted by atomic mass is 16.5. The molecule has 2 fully saturated rings. The molecule has 3 heterocycles. The van der Waals surface area contributed by atoms with Crippen LogP contribution in [0.3, 0.4) is 0 Å². The van der Waals surface area contributed by atoms with Crippen molar-refractivity contribution in [2.24, 2.45) is 0 Å². The number of hydrogen-bond donors (Lipinski definition) is 3. The lowest BCUT2D eigenvalue weighted by atomic mass is 10.1. The molecule has 0 aromatic carbocycles. The average Bonchev–Trinajstić information content (AvgIpc) is 2.97. The van der Waals surface area contributed by atoms with Crippen LogP contribution in [0, 0.1) is 0 Å². The Bertz CT molecular complexity index is 648. The van der Waals surface area contributed by atoms with E-state index in [2.05, 4.69) is 20.5 Å². The van der Waals surface area contributed by atoms with Gasteiger partial charge in [0.05, 0.1) is 37.2 Å². The number of nitrogens with zero attached hydrogens (tertiary/aromatic N) is 1. The molecular weight excluding hydrogens is 284 g/mol. The van der Waals surface area contributed by atoms with Crippen LogP contribution < -0.4 is 10.1 Å². The summed E-state index contributed by atoms with van der Waals surface area (Å²) in [7, 11) is 0. The zero-order valence-corrected chi connectivity index (χ0v) is 12.0. The van der Waals surface area contributed by atoms with E-state index in [0.717, 1.165) is 24.1 Å². The third kappa shape index (κ3) is 2.59. The molecule has 0 spiro atoms. The molecule has 4 rings (SSSR count). The zero-order chi connectivity index (χ0) is 14.9. The Hall–Kier alpha value is -2.28. The first-order valence-electron chi connectivity index (χ1n) is 7.52. The lowest BCUT2D eigenvalue weighted by molar-refractivity contribution is 0.0903. The van der Waals surface area contributed by atoms with Crippen molar-refractivity contribution in [2.75, 3.05) is 13.2 Å². The Morgan fingerprint density at radius 1 is 1.41 bits per heavy atom. The second kappa shape index (κ2) is 5.49. The predicted molar refractivity (Wildman–Crippen MR) is 77.8 cm³/mol. The summed E-state index contributed by atoms with van der Waals surface area (Å²) < 4.78 is 11.2. The van der Waals surface area contributed by atoms with Gasteiger partial charge in [-0.05, 0) is 24.8 Å². The molecule has 2 aromatic rings. The van der Waals surface area contributed by atoms with Gasteiger partial charge in [-0.1, -0.05) is 0 Å². The Morgan fingerprint density at radius 2 is 2.32 bits per heavy atom. The van der Waals surface area contributed by atoms with Gasteiger partial charge in [-0.25, -0.2) is 0 Å². The average molecular weight is 302 g/mol. The molecule has 22 heavy (non-hydrogen) atoms. The molecule has 7 nitrogen and oxygen atoms in total. The topological polar surface area (TPSA) is 92.0 Å². The number of rotatable bonds is 5. The number of carbonyl (C=O) groups excluding carboxylic acids is 1. The number of hydrogen-bond acceptors (Lipinski definition) is 4. The summed E-state index contributed by atoms with van der Waals surface area (Å²) in [6.07, 6.45) is 7.21. The number of amides is 1. The molecule has 116 valence electrons. The Morgan fingerprint density at radius 3 is 3.09 bits per heavy atom. The summed E-state index contributed by atoms with van der Waals surface area (Å²) in [5.74, 6) is 1.09. The maximum absolute atomic E-state index is 12.5. The number of nitrogens with one attached hydrogen (secondary N) is 3. The number of carbonyl (C=O) groups is 1. The number of ether oxygens (including phenoxy) is 2. The molecule has 7 heteroatoms. The lowest BCUT2D eigenvalue weighted by Crippen LogP contribution is -2.45. The first-order chi connectivity index (χ1) is 10.8. The van der Waals surface area contributed by atoms with Gasteiger partial charge in [0.1, 0.15) is 6.10 Å². The predicted octanol–water partition coefficient (Wildman–Crippen LogP) is 1.19. The van der Waals surface area contributed by atoms with Crippen LogP contribution in [0.15, 0.2) is 24.7 Å². The van der Waals surface area contributed by atoms with Gasteiger partial charge in [-0.15, -0.1) is 0 Å². The molecule has 3 N–H and O–H groups in total. The summed E-state index contributed by atoms with van der Waals surface area (Å²) in [5.41, 5.74) is 1.78. The molecule has 1 aliphatic heterocycles. The van der Waals surface area contributed by atoms with E-state index < -0.39 is 0 Å². The molecular formula is C15H18N4O3. The second-order valence-corrected chi connectivity index (χ2v) is 5.79. The summed E-state index contributed by atoms with van der Waals surface area (Å²) in [5, 5.41) is 9.58. The van der Waals surface area contributed by atoms with Gasteiger partial charge in [0.25, 0.3) is 5.91 Å². The molecule has 1 amide bonds. The van der Waals surface area contributed by atoms with E-state index in [0.29, 0.717) is 24.9 Å². The zero-order valence-electron chi connectivity index (χ0n) is 12.0. The van der Waals surface area contributed by atoms with Crippen LogP contribution in [0.2, 0.25) is 0 Å². The minimum atomic E-state index is -0.204. The Kier molecular flexibility index (Phi) is 3.34. The largest absolute Gasteiger partial charge is 0.482 e. The quantitative estimate of drug-likeness (QED) is 0.773. The fraction of sp³-hybridized carbons (Fsp3) is 0.467. The smallest absolute Gasteiger partial charge is 0.253 e. The normalized spacial score (nSPS) is 24.4. The molecule has 2 aliphatic rings. The number of aromatic amines is 2. The third-order valence-electron chi connectivity index (χ3n) is 4.11. The highest BCUT2D eigenvalue weighted by molar-refractivity contribution is 5.96. The summed E-state index contributed by atoms with van der Waals surface area (Å²) >= 11 is 0. The van der Waals surface area contributed by atoms with Crippen LogP contribution in [-0.4, -0.2) is 46.4 Å².